The molecule has 0 spiro atoms. The van der Waals surface area contributed by atoms with Crippen molar-refractivity contribution >= 4 is 21.8 Å². The van der Waals surface area contributed by atoms with Gasteiger partial charge in [-0.3, -0.25) is 4.79 Å². The molecule has 1 aromatic rings. The molecule has 0 aliphatic heterocycles. The summed E-state index contributed by atoms with van der Waals surface area (Å²) in [5.41, 5.74) is 1.48. The van der Waals surface area contributed by atoms with E-state index in [1.807, 2.05) is 24.3 Å². The molecule has 23 heavy (non-hydrogen) atoms. The largest absolute Gasteiger partial charge is 0.353 e. The van der Waals surface area contributed by atoms with E-state index in [2.05, 4.69) is 28.2 Å². The van der Waals surface area contributed by atoms with Gasteiger partial charge in [-0.15, -0.1) is 0 Å². The van der Waals surface area contributed by atoms with Gasteiger partial charge in [-0.05, 0) is 86.3 Å². The minimum Gasteiger partial charge on any atom is -0.353 e. The zero-order chi connectivity index (χ0) is 16.0. The second-order valence-electron chi connectivity index (χ2n) is 8.37. The van der Waals surface area contributed by atoms with Gasteiger partial charge in [0.25, 0.3) is 0 Å². The van der Waals surface area contributed by atoms with E-state index in [-0.39, 0.29) is 5.91 Å². The first-order chi connectivity index (χ1) is 11.0. The summed E-state index contributed by atoms with van der Waals surface area (Å²) in [5, 5.41) is 3.35. The number of nitrogens with one attached hydrogen (secondary N) is 1. The maximum Gasteiger partial charge on any atom is 0.224 e. The predicted octanol–water partition coefficient (Wildman–Crippen LogP) is 4.71. The molecule has 0 heterocycles. The number of carbonyl (C=O) groups is 1. The van der Waals surface area contributed by atoms with Gasteiger partial charge in [0.05, 0.1) is 6.42 Å². The Bertz CT molecular complexity index is 559. The van der Waals surface area contributed by atoms with Crippen molar-refractivity contribution in [3.05, 3.63) is 34.3 Å². The fourth-order valence-corrected chi connectivity index (χ4v) is 6.21. The molecular weight excluding hydrogens is 350 g/mol. The molecule has 5 rings (SSSR count). The van der Waals surface area contributed by atoms with Gasteiger partial charge in [0.1, 0.15) is 0 Å². The monoisotopic (exact) mass is 375 g/mol. The van der Waals surface area contributed by atoms with Crippen LogP contribution in [0.1, 0.15) is 51.0 Å². The van der Waals surface area contributed by atoms with Crippen molar-refractivity contribution in [2.75, 3.05) is 0 Å². The first-order valence-corrected chi connectivity index (χ1v) is 9.85. The van der Waals surface area contributed by atoms with Gasteiger partial charge in [0.2, 0.25) is 5.91 Å². The molecular formula is C20H26BrNO. The number of carbonyl (C=O) groups excluding carboxylic acids is 1. The highest BCUT2D eigenvalue weighted by molar-refractivity contribution is 9.10. The molecule has 4 bridgehead atoms. The van der Waals surface area contributed by atoms with Crippen molar-refractivity contribution in [1.82, 2.24) is 5.32 Å². The quantitative estimate of drug-likeness (QED) is 0.810. The van der Waals surface area contributed by atoms with Gasteiger partial charge in [-0.25, -0.2) is 0 Å². The maximum absolute atomic E-state index is 12.5. The molecule has 1 aromatic carbocycles. The third-order valence-electron chi connectivity index (χ3n) is 6.66. The SMILES string of the molecule is CC(NC(=O)Cc1ccc(Br)cc1)C12CC3CC(CC(C3)C1)C2. The molecule has 3 heteroatoms. The van der Waals surface area contributed by atoms with Crippen LogP contribution in [0.5, 0.6) is 0 Å². The highest BCUT2D eigenvalue weighted by atomic mass is 79.9. The first-order valence-electron chi connectivity index (χ1n) is 9.06. The van der Waals surface area contributed by atoms with Crippen LogP contribution in [0.4, 0.5) is 0 Å². The minimum atomic E-state index is 0.176. The summed E-state index contributed by atoms with van der Waals surface area (Å²) in [6.45, 7) is 2.26. The number of hydrogen-bond donors (Lipinski definition) is 1. The Morgan fingerprint density at radius 2 is 1.65 bits per heavy atom. The van der Waals surface area contributed by atoms with E-state index in [1.165, 1.54) is 38.5 Å². The van der Waals surface area contributed by atoms with Crippen molar-refractivity contribution in [3.63, 3.8) is 0 Å². The molecule has 1 N–H and O–H groups in total. The molecule has 1 atom stereocenters. The minimum absolute atomic E-state index is 0.176. The summed E-state index contributed by atoms with van der Waals surface area (Å²) in [6, 6.07) is 8.38. The normalized spacial score (nSPS) is 36.0. The van der Waals surface area contributed by atoms with E-state index in [1.54, 1.807) is 0 Å². The summed E-state index contributed by atoms with van der Waals surface area (Å²) in [4.78, 5) is 12.5. The van der Waals surface area contributed by atoms with Crippen molar-refractivity contribution in [3.8, 4) is 0 Å². The van der Waals surface area contributed by atoms with E-state index >= 15 is 0 Å². The fourth-order valence-electron chi connectivity index (χ4n) is 5.94. The fraction of sp³-hybridized carbons (Fsp3) is 0.650. The van der Waals surface area contributed by atoms with Crippen LogP contribution in [0.2, 0.25) is 0 Å². The van der Waals surface area contributed by atoms with Gasteiger partial charge in [-0.1, -0.05) is 28.1 Å². The lowest BCUT2D eigenvalue weighted by Crippen LogP contribution is -2.56. The molecule has 124 valence electrons. The Labute approximate surface area is 147 Å². The molecule has 0 saturated heterocycles. The number of hydrogen-bond acceptors (Lipinski definition) is 1. The lowest BCUT2D eigenvalue weighted by molar-refractivity contribution is -0.125. The molecule has 1 unspecified atom stereocenters. The predicted molar refractivity (Wildman–Crippen MR) is 96.1 cm³/mol. The van der Waals surface area contributed by atoms with Crippen LogP contribution in [-0.4, -0.2) is 11.9 Å². The Hall–Kier alpha value is -0.830. The Morgan fingerprint density at radius 1 is 1.13 bits per heavy atom. The number of rotatable bonds is 4. The highest BCUT2D eigenvalue weighted by Crippen LogP contribution is 2.61. The van der Waals surface area contributed by atoms with Gasteiger partial charge >= 0.3 is 0 Å². The van der Waals surface area contributed by atoms with Gasteiger partial charge in [0, 0.05) is 10.5 Å². The first kappa shape index (κ1) is 15.7. The number of amides is 1. The van der Waals surface area contributed by atoms with E-state index in [4.69, 9.17) is 0 Å². The topological polar surface area (TPSA) is 29.1 Å². The molecule has 1 amide bonds. The van der Waals surface area contributed by atoms with Crippen LogP contribution < -0.4 is 5.32 Å². The summed E-state index contributed by atoms with van der Waals surface area (Å²) < 4.78 is 1.06. The zero-order valence-corrected chi connectivity index (χ0v) is 15.4. The Kier molecular flexibility index (Phi) is 4.03. The van der Waals surface area contributed by atoms with Gasteiger partial charge in [-0.2, -0.15) is 0 Å². The van der Waals surface area contributed by atoms with Crippen molar-refractivity contribution in [2.45, 2.75) is 57.9 Å². The smallest absolute Gasteiger partial charge is 0.224 e. The maximum atomic E-state index is 12.5. The van der Waals surface area contributed by atoms with Crippen LogP contribution in [0.15, 0.2) is 28.7 Å². The summed E-state index contributed by atoms with van der Waals surface area (Å²) in [5.74, 6) is 2.99. The second-order valence-corrected chi connectivity index (χ2v) is 9.29. The number of benzene rings is 1. The van der Waals surface area contributed by atoms with Crippen molar-refractivity contribution in [1.29, 1.82) is 0 Å². The van der Waals surface area contributed by atoms with Crippen LogP contribution in [0.3, 0.4) is 0 Å². The standard InChI is InChI=1S/C20H26BrNO/c1-13(22-19(23)9-14-2-4-18(21)5-3-14)20-10-15-6-16(11-20)8-17(7-15)12-20/h2-5,13,15-17H,6-12H2,1H3,(H,22,23). The molecule has 0 aromatic heterocycles. The van der Waals surface area contributed by atoms with Crippen molar-refractivity contribution in [2.24, 2.45) is 23.2 Å². The summed E-state index contributed by atoms with van der Waals surface area (Å²) in [6.07, 6.45) is 8.90. The summed E-state index contributed by atoms with van der Waals surface area (Å²) >= 11 is 3.44. The third-order valence-corrected chi connectivity index (χ3v) is 7.19. The number of halogens is 1. The second kappa shape index (κ2) is 5.91. The lowest BCUT2D eigenvalue weighted by atomic mass is 9.48. The van der Waals surface area contributed by atoms with E-state index < -0.39 is 0 Å². The van der Waals surface area contributed by atoms with Crippen LogP contribution in [-0.2, 0) is 11.2 Å². The van der Waals surface area contributed by atoms with E-state index in [9.17, 15) is 4.79 Å². The molecule has 4 aliphatic carbocycles. The molecule has 4 fully saturated rings. The van der Waals surface area contributed by atoms with E-state index in [0.717, 1.165) is 27.8 Å². The van der Waals surface area contributed by atoms with Gasteiger partial charge < -0.3 is 5.32 Å². The van der Waals surface area contributed by atoms with Crippen LogP contribution in [0, 0.1) is 23.2 Å². The lowest BCUT2D eigenvalue weighted by Gasteiger charge is -2.59. The Balaban J connectivity index is 1.40. The summed E-state index contributed by atoms with van der Waals surface area (Å²) in [7, 11) is 0. The third kappa shape index (κ3) is 3.09. The average molecular weight is 376 g/mol. The van der Waals surface area contributed by atoms with E-state index in [0.29, 0.717) is 17.9 Å². The molecule has 0 radical (unpaired) electrons. The van der Waals surface area contributed by atoms with Crippen LogP contribution in [0.25, 0.3) is 0 Å². The van der Waals surface area contributed by atoms with Crippen LogP contribution >= 0.6 is 15.9 Å². The van der Waals surface area contributed by atoms with Crippen molar-refractivity contribution < 1.29 is 4.79 Å². The molecule has 4 saturated carbocycles. The average Bonchev–Trinajstić information content (AvgIpc) is 2.48. The van der Waals surface area contributed by atoms with Gasteiger partial charge in [0.15, 0.2) is 0 Å². The Morgan fingerprint density at radius 3 is 2.17 bits per heavy atom. The zero-order valence-electron chi connectivity index (χ0n) is 13.9. The highest BCUT2D eigenvalue weighted by Gasteiger charge is 2.53. The molecule has 4 aliphatic rings. The molecule has 2 nitrogen and oxygen atoms in total.